The summed E-state index contributed by atoms with van der Waals surface area (Å²) in [5.74, 6) is 1.50. The molecule has 2 rings (SSSR count). The molecule has 1 aliphatic heterocycles. The number of likely N-dealkylation sites (tertiary alicyclic amines) is 1. The summed E-state index contributed by atoms with van der Waals surface area (Å²) in [6.45, 7) is 7.27. The topological polar surface area (TPSA) is 38.5 Å². The Bertz CT molecular complexity index is 384. The molecule has 0 radical (unpaired) electrons. The van der Waals surface area contributed by atoms with Crippen molar-refractivity contribution in [2.75, 3.05) is 20.2 Å². The second kappa shape index (κ2) is 4.67. The van der Waals surface area contributed by atoms with Gasteiger partial charge in [0.1, 0.15) is 5.75 Å². The smallest absolute Gasteiger partial charge is 0.123 e. The Labute approximate surface area is 104 Å². The highest BCUT2D eigenvalue weighted by Crippen LogP contribution is 2.29. The van der Waals surface area contributed by atoms with E-state index in [-0.39, 0.29) is 5.54 Å². The Morgan fingerprint density at radius 3 is 2.59 bits per heavy atom. The van der Waals surface area contributed by atoms with Gasteiger partial charge in [-0.05, 0) is 12.0 Å². The van der Waals surface area contributed by atoms with Gasteiger partial charge in [0.25, 0.3) is 0 Å². The summed E-state index contributed by atoms with van der Waals surface area (Å²) in [6, 6.07) is 8.17. The maximum Gasteiger partial charge on any atom is 0.123 e. The molecule has 2 N–H and O–H groups in total. The van der Waals surface area contributed by atoms with Crippen molar-refractivity contribution in [1.82, 2.24) is 4.90 Å². The standard InChI is InChI=1S/C14H22N2O/c1-11(2)14(15)9-16(10-14)8-12-6-4-5-7-13(12)17-3/h4-7,11H,8-10,15H2,1-3H3. The van der Waals surface area contributed by atoms with Crippen molar-refractivity contribution in [3.8, 4) is 5.75 Å². The van der Waals surface area contributed by atoms with Crippen molar-refractivity contribution < 1.29 is 4.74 Å². The second-order valence-corrected chi connectivity index (χ2v) is 5.34. The molecule has 0 bridgehead atoms. The Morgan fingerprint density at radius 2 is 2.00 bits per heavy atom. The van der Waals surface area contributed by atoms with E-state index in [0.29, 0.717) is 5.92 Å². The monoisotopic (exact) mass is 234 g/mol. The van der Waals surface area contributed by atoms with E-state index in [0.717, 1.165) is 25.4 Å². The van der Waals surface area contributed by atoms with Crippen molar-refractivity contribution in [2.45, 2.75) is 25.9 Å². The van der Waals surface area contributed by atoms with Gasteiger partial charge in [-0.25, -0.2) is 0 Å². The maximum atomic E-state index is 6.29. The average molecular weight is 234 g/mol. The van der Waals surface area contributed by atoms with Gasteiger partial charge in [-0.1, -0.05) is 32.0 Å². The van der Waals surface area contributed by atoms with Crippen molar-refractivity contribution in [2.24, 2.45) is 11.7 Å². The van der Waals surface area contributed by atoms with E-state index in [1.165, 1.54) is 5.56 Å². The number of benzene rings is 1. The molecule has 1 fully saturated rings. The van der Waals surface area contributed by atoms with Crippen LogP contribution in [0.2, 0.25) is 0 Å². The molecular formula is C14H22N2O. The summed E-state index contributed by atoms with van der Waals surface area (Å²) in [5.41, 5.74) is 7.53. The van der Waals surface area contributed by atoms with Gasteiger partial charge < -0.3 is 10.5 Å². The molecule has 94 valence electrons. The molecule has 1 heterocycles. The van der Waals surface area contributed by atoms with Crippen molar-refractivity contribution >= 4 is 0 Å². The molecule has 0 aromatic heterocycles. The van der Waals surface area contributed by atoms with Gasteiger partial charge in [0.2, 0.25) is 0 Å². The summed E-state index contributed by atoms with van der Waals surface area (Å²) in [6.07, 6.45) is 0. The van der Waals surface area contributed by atoms with E-state index >= 15 is 0 Å². The molecule has 0 amide bonds. The number of hydrogen-bond acceptors (Lipinski definition) is 3. The third kappa shape index (κ3) is 2.45. The molecule has 1 aromatic rings. The number of nitrogens with two attached hydrogens (primary N) is 1. The third-order valence-corrected chi connectivity index (χ3v) is 3.77. The highest BCUT2D eigenvalue weighted by Gasteiger charge is 2.41. The van der Waals surface area contributed by atoms with Crippen LogP contribution in [0.15, 0.2) is 24.3 Å². The quantitative estimate of drug-likeness (QED) is 0.864. The Kier molecular flexibility index (Phi) is 3.40. The lowest BCUT2D eigenvalue weighted by molar-refractivity contribution is 0.0308. The van der Waals surface area contributed by atoms with Crippen LogP contribution in [0.1, 0.15) is 19.4 Å². The molecule has 1 aromatic carbocycles. The first-order chi connectivity index (χ1) is 8.05. The number of nitrogens with zero attached hydrogens (tertiary/aromatic N) is 1. The molecule has 0 aliphatic carbocycles. The first-order valence-electron chi connectivity index (χ1n) is 6.18. The average Bonchev–Trinajstić information content (AvgIpc) is 2.27. The van der Waals surface area contributed by atoms with Crippen LogP contribution in [0.4, 0.5) is 0 Å². The first kappa shape index (κ1) is 12.4. The highest BCUT2D eigenvalue weighted by molar-refractivity contribution is 5.33. The second-order valence-electron chi connectivity index (χ2n) is 5.34. The molecule has 3 nitrogen and oxygen atoms in total. The molecule has 17 heavy (non-hydrogen) atoms. The Morgan fingerprint density at radius 1 is 1.35 bits per heavy atom. The van der Waals surface area contributed by atoms with Crippen LogP contribution in [0.25, 0.3) is 0 Å². The van der Waals surface area contributed by atoms with Gasteiger partial charge >= 0.3 is 0 Å². The summed E-state index contributed by atoms with van der Waals surface area (Å²) in [5, 5.41) is 0. The van der Waals surface area contributed by atoms with Gasteiger partial charge in [-0.2, -0.15) is 0 Å². The van der Waals surface area contributed by atoms with Crippen LogP contribution in [0.5, 0.6) is 5.75 Å². The number of ether oxygens (including phenoxy) is 1. The third-order valence-electron chi connectivity index (χ3n) is 3.77. The molecule has 0 atom stereocenters. The Hall–Kier alpha value is -1.06. The number of para-hydroxylation sites is 1. The van der Waals surface area contributed by atoms with E-state index in [2.05, 4.69) is 30.9 Å². The van der Waals surface area contributed by atoms with E-state index in [1.807, 2.05) is 12.1 Å². The summed E-state index contributed by atoms with van der Waals surface area (Å²) in [4.78, 5) is 2.37. The minimum absolute atomic E-state index is 0.00200. The summed E-state index contributed by atoms with van der Waals surface area (Å²) < 4.78 is 5.36. The predicted molar refractivity (Wildman–Crippen MR) is 70.0 cm³/mol. The van der Waals surface area contributed by atoms with Gasteiger partial charge in [-0.3, -0.25) is 4.90 Å². The molecule has 1 aliphatic rings. The fourth-order valence-corrected chi connectivity index (χ4v) is 2.34. The van der Waals surface area contributed by atoms with Crippen LogP contribution < -0.4 is 10.5 Å². The van der Waals surface area contributed by atoms with Crippen LogP contribution in [0.3, 0.4) is 0 Å². The van der Waals surface area contributed by atoms with E-state index in [1.54, 1.807) is 7.11 Å². The lowest BCUT2D eigenvalue weighted by Crippen LogP contribution is -2.69. The molecule has 0 unspecified atom stereocenters. The van der Waals surface area contributed by atoms with Gasteiger partial charge in [0.15, 0.2) is 0 Å². The lowest BCUT2D eigenvalue weighted by atomic mass is 9.80. The van der Waals surface area contributed by atoms with Gasteiger partial charge in [-0.15, -0.1) is 0 Å². The normalized spacial score (nSPS) is 19.1. The minimum Gasteiger partial charge on any atom is -0.496 e. The fourth-order valence-electron chi connectivity index (χ4n) is 2.34. The van der Waals surface area contributed by atoms with Gasteiger partial charge in [0.05, 0.1) is 7.11 Å². The van der Waals surface area contributed by atoms with Crippen LogP contribution in [0, 0.1) is 5.92 Å². The number of hydrogen-bond donors (Lipinski definition) is 1. The molecule has 0 saturated carbocycles. The minimum atomic E-state index is 0.00200. The summed E-state index contributed by atoms with van der Waals surface area (Å²) >= 11 is 0. The van der Waals surface area contributed by atoms with Gasteiger partial charge in [0, 0.05) is 30.7 Å². The van der Waals surface area contributed by atoms with Crippen LogP contribution in [-0.2, 0) is 6.54 Å². The fraction of sp³-hybridized carbons (Fsp3) is 0.571. The predicted octanol–water partition coefficient (Wildman–Crippen LogP) is 1.86. The molecule has 0 spiro atoms. The highest BCUT2D eigenvalue weighted by atomic mass is 16.5. The SMILES string of the molecule is COc1ccccc1CN1CC(N)(C(C)C)C1. The molecule has 1 saturated heterocycles. The first-order valence-corrected chi connectivity index (χ1v) is 6.18. The van der Waals surface area contributed by atoms with Crippen LogP contribution >= 0.6 is 0 Å². The summed E-state index contributed by atoms with van der Waals surface area (Å²) in [7, 11) is 1.72. The maximum absolute atomic E-state index is 6.29. The number of rotatable bonds is 4. The lowest BCUT2D eigenvalue weighted by Gasteiger charge is -2.50. The van der Waals surface area contributed by atoms with E-state index in [4.69, 9.17) is 10.5 Å². The largest absolute Gasteiger partial charge is 0.496 e. The number of methoxy groups -OCH3 is 1. The van der Waals surface area contributed by atoms with Crippen LogP contribution in [-0.4, -0.2) is 30.6 Å². The molecular weight excluding hydrogens is 212 g/mol. The van der Waals surface area contributed by atoms with Crippen molar-refractivity contribution in [1.29, 1.82) is 0 Å². The Balaban J connectivity index is 1.96. The van der Waals surface area contributed by atoms with E-state index < -0.39 is 0 Å². The zero-order chi connectivity index (χ0) is 12.5. The molecule has 3 heteroatoms. The van der Waals surface area contributed by atoms with E-state index in [9.17, 15) is 0 Å². The zero-order valence-electron chi connectivity index (χ0n) is 10.9. The van der Waals surface area contributed by atoms with Crippen molar-refractivity contribution in [3.63, 3.8) is 0 Å². The zero-order valence-corrected chi connectivity index (χ0v) is 10.9. The van der Waals surface area contributed by atoms with Crippen molar-refractivity contribution in [3.05, 3.63) is 29.8 Å².